The summed E-state index contributed by atoms with van der Waals surface area (Å²) < 4.78 is 15.2. The van der Waals surface area contributed by atoms with Crippen LogP contribution in [-0.2, 0) is 11.0 Å². The Labute approximate surface area is 130 Å². The zero-order valence-corrected chi connectivity index (χ0v) is 12.6. The van der Waals surface area contributed by atoms with Gasteiger partial charge in [-0.05, 0) is 24.6 Å². The second kappa shape index (κ2) is 5.69. The minimum Gasteiger partial charge on any atom is -0.301 e. The number of ketones is 2. The van der Waals surface area contributed by atoms with E-state index in [0.717, 1.165) is 11.6 Å². The number of Topliss-reactive ketones (excluding diaryl/α,β-unsaturated/α-hetero) is 1. The Hall–Kier alpha value is -2.53. The zero-order chi connectivity index (χ0) is 15.7. The Bertz CT molecular complexity index is 839. The second-order valence-corrected chi connectivity index (χ2v) is 6.17. The summed E-state index contributed by atoms with van der Waals surface area (Å²) in [6.45, 7) is 1.92. The average Bonchev–Trinajstić information content (AvgIpc) is 2.51. The van der Waals surface area contributed by atoms with E-state index in [4.69, 9.17) is 0 Å². The van der Waals surface area contributed by atoms with Gasteiger partial charge in [0.2, 0.25) is 5.78 Å². The highest BCUT2D eigenvalue weighted by Gasteiger charge is 2.28. The molecule has 110 valence electrons. The molecule has 0 saturated heterocycles. The SMILES string of the molecule is Cc1cccc(NS(=O)C2=CC(=O)c3ccccc3C2=O)c1. The first-order chi connectivity index (χ1) is 10.6. The van der Waals surface area contributed by atoms with Gasteiger partial charge in [0, 0.05) is 22.9 Å². The highest BCUT2D eigenvalue weighted by atomic mass is 32.2. The molecule has 3 rings (SSSR count). The molecule has 1 atom stereocenters. The molecule has 22 heavy (non-hydrogen) atoms. The summed E-state index contributed by atoms with van der Waals surface area (Å²) in [4.78, 5) is 24.4. The number of benzene rings is 2. The molecule has 0 amide bonds. The lowest BCUT2D eigenvalue weighted by Crippen LogP contribution is -2.22. The number of carbonyl (C=O) groups excluding carboxylic acids is 2. The number of fused-ring (bicyclic) bond motifs is 1. The van der Waals surface area contributed by atoms with Crippen LogP contribution in [0.2, 0.25) is 0 Å². The fraction of sp³-hybridized carbons (Fsp3) is 0.0588. The van der Waals surface area contributed by atoms with E-state index in [0.29, 0.717) is 16.8 Å². The van der Waals surface area contributed by atoms with Crippen LogP contribution in [-0.4, -0.2) is 15.8 Å². The maximum absolute atomic E-state index is 12.4. The van der Waals surface area contributed by atoms with Crippen LogP contribution >= 0.6 is 0 Å². The molecule has 0 radical (unpaired) electrons. The van der Waals surface area contributed by atoms with E-state index in [1.54, 1.807) is 30.3 Å². The van der Waals surface area contributed by atoms with Crippen LogP contribution in [0.15, 0.2) is 59.5 Å². The van der Waals surface area contributed by atoms with Gasteiger partial charge in [-0.2, -0.15) is 0 Å². The predicted octanol–water partition coefficient (Wildman–Crippen LogP) is 3.03. The number of hydrogen-bond acceptors (Lipinski definition) is 3. The molecule has 0 aliphatic heterocycles. The van der Waals surface area contributed by atoms with Gasteiger partial charge in [-0.15, -0.1) is 0 Å². The number of anilines is 1. The maximum atomic E-state index is 12.4. The molecule has 0 saturated carbocycles. The molecule has 0 spiro atoms. The quantitative estimate of drug-likeness (QED) is 0.947. The lowest BCUT2D eigenvalue weighted by atomic mass is 9.95. The lowest BCUT2D eigenvalue weighted by molar-refractivity contribution is 0.0991. The molecule has 4 nitrogen and oxygen atoms in total. The highest BCUT2D eigenvalue weighted by molar-refractivity contribution is 7.91. The maximum Gasteiger partial charge on any atom is 0.204 e. The minimum atomic E-state index is -1.78. The van der Waals surface area contributed by atoms with E-state index in [1.807, 2.05) is 25.1 Å². The molecule has 0 aromatic heterocycles. The molecule has 2 aromatic carbocycles. The van der Waals surface area contributed by atoms with Crippen molar-refractivity contribution in [3.63, 3.8) is 0 Å². The van der Waals surface area contributed by atoms with Crippen LogP contribution < -0.4 is 4.72 Å². The molecular formula is C17H13NO3S. The Balaban J connectivity index is 1.91. The van der Waals surface area contributed by atoms with Crippen molar-refractivity contribution < 1.29 is 13.8 Å². The minimum absolute atomic E-state index is 0.0230. The first-order valence-electron chi connectivity index (χ1n) is 6.71. The summed E-state index contributed by atoms with van der Waals surface area (Å²) in [6.07, 6.45) is 1.16. The van der Waals surface area contributed by atoms with Crippen molar-refractivity contribution in [2.45, 2.75) is 6.92 Å². The first kappa shape index (κ1) is 14.4. The van der Waals surface area contributed by atoms with Crippen molar-refractivity contribution in [3.05, 3.63) is 76.2 Å². The summed E-state index contributed by atoms with van der Waals surface area (Å²) >= 11 is 0. The van der Waals surface area contributed by atoms with Crippen molar-refractivity contribution in [2.24, 2.45) is 0 Å². The second-order valence-electron chi connectivity index (χ2n) is 4.99. The fourth-order valence-corrected chi connectivity index (χ4v) is 3.24. The molecular weight excluding hydrogens is 298 g/mol. The summed E-state index contributed by atoms with van der Waals surface area (Å²) in [5, 5.41) is 0. The largest absolute Gasteiger partial charge is 0.301 e. The van der Waals surface area contributed by atoms with Crippen LogP contribution in [0, 0.1) is 6.92 Å². The van der Waals surface area contributed by atoms with Crippen LogP contribution in [0.25, 0.3) is 0 Å². The third-order valence-electron chi connectivity index (χ3n) is 3.35. The van der Waals surface area contributed by atoms with E-state index in [-0.39, 0.29) is 16.5 Å². The van der Waals surface area contributed by atoms with E-state index in [2.05, 4.69) is 4.72 Å². The molecule has 1 aliphatic carbocycles. The topological polar surface area (TPSA) is 63.2 Å². The van der Waals surface area contributed by atoms with E-state index >= 15 is 0 Å². The molecule has 1 aliphatic rings. The van der Waals surface area contributed by atoms with Crippen molar-refractivity contribution in [1.29, 1.82) is 0 Å². The summed E-state index contributed by atoms with van der Waals surface area (Å²) in [5.41, 5.74) is 2.29. The number of carbonyl (C=O) groups is 2. The van der Waals surface area contributed by atoms with Gasteiger partial charge in [0.1, 0.15) is 4.91 Å². The van der Waals surface area contributed by atoms with Gasteiger partial charge in [0.15, 0.2) is 16.8 Å². The molecule has 0 fully saturated rings. The van der Waals surface area contributed by atoms with Gasteiger partial charge in [-0.1, -0.05) is 36.4 Å². The molecule has 1 N–H and O–H groups in total. The Kier molecular flexibility index (Phi) is 3.73. The van der Waals surface area contributed by atoms with Crippen LogP contribution in [0.1, 0.15) is 26.3 Å². The van der Waals surface area contributed by atoms with Gasteiger partial charge in [-0.3, -0.25) is 9.59 Å². The lowest BCUT2D eigenvalue weighted by Gasteiger charge is -2.15. The summed E-state index contributed by atoms with van der Waals surface area (Å²) in [7, 11) is -1.78. The monoisotopic (exact) mass is 311 g/mol. The van der Waals surface area contributed by atoms with Crippen molar-refractivity contribution in [2.75, 3.05) is 4.72 Å². The fourth-order valence-electron chi connectivity index (χ4n) is 2.30. The number of hydrogen-bond donors (Lipinski definition) is 1. The van der Waals surface area contributed by atoms with Gasteiger partial charge < -0.3 is 4.72 Å². The molecule has 1 unspecified atom stereocenters. The molecule has 5 heteroatoms. The summed E-state index contributed by atoms with van der Waals surface area (Å²) in [5.74, 6) is -0.682. The zero-order valence-electron chi connectivity index (χ0n) is 11.8. The van der Waals surface area contributed by atoms with Gasteiger partial charge in [0.05, 0.1) is 0 Å². The van der Waals surface area contributed by atoms with E-state index in [1.165, 1.54) is 0 Å². The summed E-state index contributed by atoms with van der Waals surface area (Å²) in [6, 6.07) is 13.9. The number of rotatable bonds is 3. The van der Waals surface area contributed by atoms with Gasteiger partial charge >= 0.3 is 0 Å². The predicted molar refractivity (Wildman–Crippen MR) is 86.1 cm³/mol. The Morgan fingerprint density at radius 1 is 0.955 bits per heavy atom. The van der Waals surface area contributed by atoms with Crippen LogP contribution in [0.3, 0.4) is 0 Å². The standard InChI is InChI=1S/C17H13NO3S/c1-11-5-4-6-12(9-11)18-22(21)16-10-15(19)13-7-2-3-8-14(13)17(16)20/h2-10,18H,1H3. The third kappa shape index (κ3) is 2.63. The van der Waals surface area contributed by atoms with Gasteiger partial charge in [0.25, 0.3) is 0 Å². The van der Waals surface area contributed by atoms with Crippen molar-refractivity contribution in [3.8, 4) is 0 Å². The number of nitrogens with one attached hydrogen (secondary N) is 1. The van der Waals surface area contributed by atoms with Crippen molar-refractivity contribution in [1.82, 2.24) is 0 Å². The molecule has 0 heterocycles. The van der Waals surface area contributed by atoms with Crippen molar-refractivity contribution >= 4 is 28.2 Å². The number of allylic oxidation sites excluding steroid dienone is 2. The number of aryl methyl sites for hydroxylation is 1. The van der Waals surface area contributed by atoms with Gasteiger partial charge in [-0.25, -0.2) is 4.21 Å². The van der Waals surface area contributed by atoms with E-state index < -0.39 is 11.0 Å². The van der Waals surface area contributed by atoms with Crippen LogP contribution in [0.5, 0.6) is 0 Å². The first-order valence-corrected chi connectivity index (χ1v) is 7.86. The Morgan fingerprint density at radius 3 is 2.41 bits per heavy atom. The Morgan fingerprint density at radius 2 is 1.68 bits per heavy atom. The molecule has 2 aromatic rings. The smallest absolute Gasteiger partial charge is 0.204 e. The highest BCUT2D eigenvalue weighted by Crippen LogP contribution is 2.24. The van der Waals surface area contributed by atoms with E-state index in [9.17, 15) is 13.8 Å². The molecule has 0 bridgehead atoms. The third-order valence-corrected chi connectivity index (χ3v) is 4.48. The average molecular weight is 311 g/mol. The normalized spacial score (nSPS) is 15.0. The van der Waals surface area contributed by atoms with Crippen LogP contribution in [0.4, 0.5) is 5.69 Å².